The van der Waals surface area contributed by atoms with Crippen LogP contribution in [0.2, 0.25) is 0 Å². The highest BCUT2D eigenvalue weighted by atomic mass is 16.6. The van der Waals surface area contributed by atoms with E-state index in [1.165, 1.54) is 0 Å². The molecule has 0 aliphatic carbocycles. The van der Waals surface area contributed by atoms with Gasteiger partial charge in [0, 0.05) is 29.4 Å². The number of cyclic esters (lactones) is 1. The van der Waals surface area contributed by atoms with Gasteiger partial charge in [-0.3, -0.25) is 4.98 Å². The molecule has 4 rings (SSSR count). The molecule has 3 heterocycles. The van der Waals surface area contributed by atoms with E-state index in [1.807, 2.05) is 43.3 Å². The summed E-state index contributed by atoms with van der Waals surface area (Å²) in [6.45, 7) is 2.31. The highest BCUT2D eigenvalue weighted by molar-refractivity contribution is 5.90. The minimum absolute atomic E-state index is 0.309. The zero-order valence-corrected chi connectivity index (χ0v) is 15.0. The average molecular weight is 365 g/mol. The minimum Gasteiger partial charge on any atom is -0.486 e. The van der Waals surface area contributed by atoms with Gasteiger partial charge in [0.05, 0.1) is 19.2 Å². The second-order valence-corrected chi connectivity index (χ2v) is 6.28. The van der Waals surface area contributed by atoms with Crippen molar-refractivity contribution in [1.82, 2.24) is 15.3 Å². The van der Waals surface area contributed by atoms with E-state index in [4.69, 9.17) is 14.2 Å². The lowest BCUT2D eigenvalue weighted by atomic mass is 10.0. The molecular formula is C20H19N3O4. The quantitative estimate of drug-likeness (QED) is 0.748. The number of aromatic nitrogens is 2. The third-order valence-electron chi connectivity index (χ3n) is 4.50. The van der Waals surface area contributed by atoms with Gasteiger partial charge in [-0.15, -0.1) is 0 Å². The molecule has 0 unspecified atom stereocenters. The first kappa shape index (κ1) is 17.1. The van der Waals surface area contributed by atoms with Gasteiger partial charge < -0.3 is 19.5 Å². The standard InChI is InChI=1S/C20H19N3O4/c1-12(18-11-23-20(24)27-18)26-17-9-14(8-16-15(17)4-3-7-21-16)13-5-6-19(25-2)22-10-13/h3-10,12,18H,11H2,1-2H3,(H,23,24)/t12-,18+/m1/s1. The molecule has 1 aliphatic rings. The molecule has 1 fully saturated rings. The number of methoxy groups -OCH3 is 1. The lowest BCUT2D eigenvalue weighted by Crippen LogP contribution is -2.31. The smallest absolute Gasteiger partial charge is 0.407 e. The summed E-state index contributed by atoms with van der Waals surface area (Å²) in [5, 5.41) is 3.54. The molecule has 7 nitrogen and oxygen atoms in total. The number of carbonyl (C=O) groups excluding carboxylic acids is 1. The second-order valence-electron chi connectivity index (χ2n) is 6.28. The molecule has 0 spiro atoms. The third kappa shape index (κ3) is 3.48. The van der Waals surface area contributed by atoms with Crippen LogP contribution in [-0.2, 0) is 4.74 Å². The number of benzene rings is 1. The Morgan fingerprint density at radius 1 is 1.22 bits per heavy atom. The lowest BCUT2D eigenvalue weighted by molar-refractivity contribution is 0.0588. The van der Waals surface area contributed by atoms with E-state index < -0.39 is 6.09 Å². The lowest BCUT2D eigenvalue weighted by Gasteiger charge is -2.20. The van der Waals surface area contributed by atoms with Gasteiger partial charge >= 0.3 is 6.09 Å². The number of fused-ring (bicyclic) bond motifs is 1. The fourth-order valence-electron chi connectivity index (χ4n) is 3.03. The van der Waals surface area contributed by atoms with E-state index in [-0.39, 0.29) is 12.2 Å². The SMILES string of the molecule is COc1ccc(-c2cc(O[C@H](C)[C@@H]3CNC(=O)O3)c3cccnc3c2)cn1. The first-order chi connectivity index (χ1) is 13.1. The zero-order chi connectivity index (χ0) is 18.8. The third-order valence-corrected chi connectivity index (χ3v) is 4.50. The number of nitrogens with zero attached hydrogens (tertiary/aromatic N) is 2. The molecule has 1 amide bonds. The van der Waals surface area contributed by atoms with Gasteiger partial charge in [-0.05, 0) is 42.8 Å². The van der Waals surface area contributed by atoms with Crippen LogP contribution in [0.1, 0.15) is 6.92 Å². The zero-order valence-electron chi connectivity index (χ0n) is 15.0. The Labute approximate surface area is 156 Å². The van der Waals surface area contributed by atoms with Crippen molar-refractivity contribution in [3.05, 3.63) is 48.8 Å². The summed E-state index contributed by atoms with van der Waals surface area (Å²) in [4.78, 5) is 20.0. The van der Waals surface area contributed by atoms with Crippen LogP contribution in [-0.4, -0.2) is 41.9 Å². The maximum Gasteiger partial charge on any atom is 0.407 e. The Balaban J connectivity index is 1.70. The van der Waals surface area contributed by atoms with Crippen molar-refractivity contribution in [3.63, 3.8) is 0 Å². The number of nitrogens with one attached hydrogen (secondary N) is 1. The Hall–Kier alpha value is -3.35. The number of ether oxygens (including phenoxy) is 3. The summed E-state index contributed by atoms with van der Waals surface area (Å²) in [6.07, 6.45) is 2.43. The van der Waals surface area contributed by atoms with Crippen molar-refractivity contribution in [2.45, 2.75) is 19.1 Å². The van der Waals surface area contributed by atoms with Gasteiger partial charge in [0.15, 0.2) is 6.10 Å². The molecule has 0 radical (unpaired) electrons. The highest BCUT2D eigenvalue weighted by Gasteiger charge is 2.29. The fourth-order valence-corrected chi connectivity index (χ4v) is 3.03. The van der Waals surface area contributed by atoms with Crippen LogP contribution in [0, 0.1) is 0 Å². The molecule has 1 saturated heterocycles. The first-order valence-corrected chi connectivity index (χ1v) is 8.64. The van der Waals surface area contributed by atoms with Gasteiger partial charge in [0.1, 0.15) is 11.9 Å². The molecule has 0 saturated carbocycles. The molecule has 138 valence electrons. The summed E-state index contributed by atoms with van der Waals surface area (Å²) in [5.74, 6) is 1.24. The van der Waals surface area contributed by atoms with Gasteiger partial charge in [-0.25, -0.2) is 9.78 Å². The largest absolute Gasteiger partial charge is 0.486 e. The van der Waals surface area contributed by atoms with E-state index in [2.05, 4.69) is 15.3 Å². The first-order valence-electron chi connectivity index (χ1n) is 8.64. The van der Waals surface area contributed by atoms with E-state index in [9.17, 15) is 4.79 Å². The molecule has 7 heteroatoms. The Kier molecular flexibility index (Phi) is 4.50. The van der Waals surface area contributed by atoms with Crippen LogP contribution in [0.15, 0.2) is 48.8 Å². The highest BCUT2D eigenvalue weighted by Crippen LogP contribution is 2.33. The number of pyridine rings is 2. The van der Waals surface area contributed by atoms with Crippen molar-refractivity contribution < 1.29 is 19.0 Å². The second kappa shape index (κ2) is 7.11. The van der Waals surface area contributed by atoms with Crippen molar-refractivity contribution in [2.75, 3.05) is 13.7 Å². The van der Waals surface area contributed by atoms with Crippen LogP contribution in [0.4, 0.5) is 4.79 Å². The van der Waals surface area contributed by atoms with E-state index >= 15 is 0 Å². The minimum atomic E-state index is -0.417. The summed E-state index contributed by atoms with van der Waals surface area (Å²) in [6, 6.07) is 11.5. The Bertz CT molecular complexity index is 975. The molecule has 1 aliphatic heterocycles. The number of alkyl carbamates (subject to hydrolysis) is 1. The maximum atomic E-state index is 11.3. The average Bonchev–Trinajstić information content (AvgIpc) is 3.14. The van der Waals surface area contributed by atoms with E-state index in [0.29, 0.717) is 18.2 Å². The van der Waals surface area contributed by atoms with Gasteiger partial charge in [-0.2, -0.15) is 0 Å². The van der Waals surface area contributed by atoms with Crippen LogP contribution < -0.4 is 14.8 Å². The summed E-state index contributed by atoms with van der Waals surface area (Å²) in [7, 11) is 1.58. The summed E-state index contributed by atoms with van der Waals surface area (Å²) >= 11 is 0. The van der Waals surface area contributed by atoms with Crippen LogP contribution in [0.5, 0.6) is 11.6 Å². The molecule has 3 aromatic rings. The topological polar surface area (TPSA) is 82.6 Å². The Morgan fingerprint density at radius 2 is 2.11 bits per heavy atom. The molecule has 1 aromatic carbocycles. The van der Waals surface area contributed by atoms with Gasteiger partial charge in [0.25, 0.3) is 0 Å². The van der Waals surface area contributed by atoms with Gasteiger partial charge in [-0.1, -0.05) is 0 Å². The predicted molar refractivity (Wildman–Crippen MR) is 99.9 cm³/mol. The monoisotopic (exact) mass is 365 g/mol. The normalized spacial score (nSPS) is 17.3. The van der Waals surface area contributed by atoms with Crippen LogP contribution in [0.3, 0.4) is 0 Å². The van der Waals surface area contributed by atoms with Crippen LogP contribution in [0.25, 0.3) is 22.0 Å². The summed E-state index contributed by atoms with van der Waals surface area (Å²) < 4.78 is 16.5. The van der Waals surface area contributed by atoms with Crippen LogP contribution >= 0.6 is 0 Å². The number of amides is 1. The van der Waals surface area contributed by atoms with Crippen molar-refractivity contribution >= 4 is 17.0 Å². The molecule has 0 bridgehead atoms. The van der Waals surface area contributed by atoms with E-state index in [0.717, 1.165) is 22.0 Å². The predicted octanol–water partition coefficient (Wildman–Crippen LogP) is 3.18. The van der Waals surface area contributed by atoms with Crippen molar-refractivity contribution in [3.8, 4) is 22.8 Å². The van der Waals surface area contributed by atoms with Gasteiger partial charge in [0.2, 0.25) is 5.88 Å². The molecule has 2 atom stereocenters. The maximum absolute atomic E-state index is 11.3. The molecule has 1 N–H and O–H groups in total. The number of carbonyl (C=O) groups is 1. The van der Waals surface area contributed by atoms with Crippen molar-refractivity contribution in [1.29, 1.82) is 0 Å². The molecule has 2 aromatic heterocycles. The Morgan fingerprint density at radius 3 is 2.81 bits per heavy atom. The molecule has 27 heavy (non-hydrogen) atoms. The number of hydrogen-bond donors (Lipinski definition) is 1. The summed E-state index contributed by atoms with van der Waals surface area (Å²) in [5.41, 5.74) is 2.67. The molecular weight excluding hydrogens is 346 g/mol. The van der Waals surface area contributed by atoms with Crippen molar-refractivity contribution in [2.24, 2.45) is 0 Å². The number of hydrogen-bond acceptors (Lipinski definition) is 6. The van der Waals surface area contributed by atoms with E-state index in [1.54, 1.807) is 19.5 Å². The number of rotatable bonds is 5. The fraction of sp³-hybridized carbons (Fsp3) is 0.250.